The summed E-state index contributed by atoms with van der Waals surface area (Å²) in [4.78, 5) is 25.9. The maximum atomic E-state index is 12.5. The van der Waals surface area contributed by atoms with Gasteiger partial charge in [-0.2, -0.15) is 5.10 Å². The highest BCUT2D eigenvalue weighted by molar-refractivity contribution is 7.09. The molecule has 3 heterocycles. The van der Waals surface area contributed by atoms with E-state index in [9.17, 15) is 9.59 Å². The molecule has 6 nitrogen and oxygen atoms in total. The van der Waals surface area contributed by atoms with Crippen molar-refractivity contribution in [2.75, 3.05) is 5.32 Å². The predicted molar refractivity (Wildman–Crippen MR) is 101 cm³/mol. The second-order valence-electron chi connectivity index (χ2n) is 5.52. The number of rotatable bonds is 4. The molecule has 0 aliphatic heterocycles. The fourth-order valence-corrected chi connectivity index (χ4v) is 3.39. The van der Waals surface area contributed by atoms with E-state index in [-0.39, 0.29) is 11.2 Å². The van der Waals surface area contributed by atoms with Crippen molar-refractivity contribution in [3.05, 3.63) is 79.9 Å². The number of thiophene rings is 1. The Kier molecular flexibility index (Phi) is 4.32. The van der Waals surface area contributed by atoms with E-state index in [0.717, 1.165) is 10.9 Å². The molecule has 1 N–H and O–H groups in total. The average Bonchev–Trinajstić information content (AvgIpc) is 3.28. The fourth-order valence-electron chi connectivity index (χ4n) is 2.53. The van der Waals surface area contributed by atoms with E-state index in [0.29, 0.717) is 28.4 Å². The lowest BCUT2D eigenvalue weighted by Gasteiger charge is -2.08. The van der Waals surface area contributed by atoms with E-state index in [4.69, 9.17) is 16.0 Å². The second-order valence-corrected chi connectivity index (χ2v) is 6.99. The number of carbonyl (C=O) groups is 1. The summed E-state index contributed by atoms with van der Waals surface area (Å²) in [5.41, 5.74) is -0.0230. The number of amides is 1. The fraction of sp³-hybridized carbons (Fsp3) is 0.0556. The van der Waals surface area contributed by atoms with Gasteiger partial charge in [0.05, 0.1) is 18.1 Å². The van der Waals surface area contributed by atoms with Gasteiger partial charge in [-0.1, -0.05) is 17.7 Å². The summed E-state index contributed by atoms with van der Waals surface area (Å²) < 4.78 is 7.22. The van der Waals surface area contributed by atoms with Crippen molar-refractivity contribution >= 4 is 45.6 Å². The number of nitrogens with one attached hydrogen (secondary N) is 1. The minimum Gasteiger partial charge on any atom is -0.451 e. The standard InChI is InChI=1S/C18H12ClN3O3S/c19-11-3-4-15-13(8-11)14(23)9-16(25-15)18(24)21-17-5-6-20-22(17)10-12-2-1-7-26-12/h1-9H,10H2,(H,21,24). The second kappa shape index (κ2) is 6.78. The number of aromatic nitrogens is 2. The summed E-state index contributed by atoms with van der Waals surface area (Å²) in [7, 11) is 0. The summed E-state index contributed by atoms with van der Waals surface area (Å²) >= 11 is 7.50. The third-order valence-electron chi connectivity index (χ3n) is 3.76. The van der Waals surface area contributed by atoms with E-state index >= 15 is 0 Å². The van der Waals surface area contributed by atoms with Crippen LogP contribution in [0, 0.1) is 0 Å². The lowest BCUT2D eigenvalue weighted by molar-refractivity contribution is 0.0996. The summed E-state index contributed by atoms with van der Waals surface area (Å²) in [6, 6.07) is 11.5. The molecule has 0 aliphatic carbocycles. The Balaban J connectivity index is 1.61. The third kappa shape index (κ3) is 3.26. The van der Waals surface area contributed by atoms with Crippen molar-refractivity contribution in [3.8, 4) is 0 Å². The molecule has 0 unspecified atom stereocenters. The van der Waals surface area contributed by atoms with Crippen molar-refractivity contribution in [2.24, 2.45) is 0 Å². The van der Waals surface area contributed by atoms with Gasteiger partial charge in [0.15, 0.2) is 11.2 Å². The molecule has 0 bridgehead atoms. The molecule has 0 aliphatic rings. The summed E-state index contributed by atoms with van der Waals surface area (Å²) in [6.07, 6.45) is 1.60. The number of benzene rings is 1. The van der Waals surface area contributed by atoms with Gasteiger partial charge in [-0.3, -0.25) is 9.59 Å². The van der Waals surface area contributed by atoms with Crippen LogP contribution < -0.4 is 10.7 Å². The van der Waals surface area contributed by atoms with Gasteiger partial charge < -0.3 is 9.73 Å². The van der Waals surface area contributed by atoms with E-state index in [1.165, 1.54) is 6.07 Å². The largest absolute Gasteiger partial charge is 0.451 e. The van der Waals surface area contributed by atoms with E-state index in [1.54, 1.807) is 40.4 Å². The molecule has 4 aromatic rings. The van der Waals surface area contributed by atoms with Gasteiger partial charge in [0.2, 0.25) is 0 Å². The lowest BCUT2D eigenvalue weighted by Crippen LogP contribution is -2.17. The van der Waals surface area contributed by atoms with E-state index in [2.05, 4.69) is 10.4 Å². The van der Waals surface area contributed by atoms with Crippen LogP contribution >= 0.6 is 22.9 Å². The van der Waals surface area contributed by atoms with Gasteiger partial charge in [-0.15, -0.1) is 11.3 Å². The third-order valence-corrected chi connectivity index (χ3v) is 4.85. The van der Waals surface area contributed by atoms with Crippen LogP contribution in [0.5, 0.6) is 0 Å². The predicted octanol–water partition coefficient (Wildman–Crippen LogP) is 4.01. The first kappa shape index (κ1) is 16.6. The maximum absolute atomic E-state index is 12.5. The maximum Gasteiger partial charge on any atom is 0.292 e. The topological polar surface area (TPSA) is 77.1 Å². The van der Waals surface area contributed by atoms with Gasteiger partial charge >= 0.3 is 0 Å². The summed E-state index contributed by atoms with van der Waals surface area (Å²) in [5, 5.41) is 9.69. The first-order valence-corrected chi connectivity index (χ1v) is 8.95. The van der Waals surface area contributed by atoms with Crippen LogP contribution in [0.1, 0.15) is 15.4 Å². The Hall–Kier alpha value is -2.90. The highest BCUT2D eigenvalue weighted by Gasteiger charge is 2.15. The van der Waals surface area contributed by atoms with E-state index in [1.807, 2.05) is 17.5 Å². The summed E-state index contributed by atoms with van der Waals surface area (Å²) in [5.74, 6) is -0.0807. The van der Waals surface area contributed by atoms with Crippen LogP contribution in [0.3, 0.4) is 0 Å². The Labute approximate surface area is 156 Å². The number of fused-ring (bicyclic) bond motifs is 1. The van der Waals surface area contributed by atoms with Crippen molar-refractivity contribution in [1.82, 2.24) is 9.78 Å². The number of halogens is 1. The van der Waals surface area contributed by atoms with Gasteiger partial charge in [0.1, 0.15) is 11.4 Å². The number of hydrogen-bond donors (Lipinski definition) is 1. The Morgan fingerprint density at radius 2 is 2.15 bits per heavy atom. The highest BCUT2D eigenvalue weighted by Crippen LogP contribution is 2.19. The minimum atomic E-state index is -0.521. The molecule has 1 amide bonds. The van der Waals surface area contributed by atoms with E-state index < -0.39 is 5.91 Å². The molecule has 1 aromatic carbocycles. The molecule has 0 saturated carbocycles. The molecule has 0 saturated heterocycles. The van der Waals surface area contributed by atoms with Crippen molar-refractivity contribution in [1.29, 1.82) is 0 Å². The normalized spacial score (nSPS) is 11.0. The molecule has 8 heteroatoms. The first-order chi connectivity index (χ1) is 12.6. The number of carbonyl (C=O) groups excluding carboxylic acids is 1. The monoisotopic (exact) mass is 385 g/mol. The van der Waals surface area contributed by atoms with Crippen LogP contribution in [0.25, 0.3) is 11.0 Å². The molecular formula is C18H12ClN3O3S. The SMILES string of the molecule is O=C(Nc1ccnn1Cc1cccs1)c1cc(=O)c2cc(Cl)ccc2o1. The first-order valence-electron chi connectivity index (χ1n) is 7.69. The zero-order valence-corrected chi connectivity index (χ0v) is 14.9. The molecule has 0 fully saturated rings. The molecule has 26 heavy (non-hydrogen) atoms. The smallest absolute Gasteiger partial charge is 0.292 e. The molecule has 0 spiro atoms. The zero-order valence-electron chi connectivity index (χ0n) is 13.3. The lowest BCUT2D eigenvalue weighted by atomic mass is 10.2. The molecular weight excluding hydrogens is 374 g/mol. The molecule has 0 radical (unpaired) electrons. The molecule has 130 valence electrons. The van der Waals surface area contributed by atoms with Gasteiger partial charge in [-0.25, -0.2) is 4.68 Å². The average molecular weight is 386 g/mol. The number of anilines is 1. The van der Waals surface area contributed by atoms with Crippen molar-refractivity contribution < 1.29 is 9.21 Å². The molecule has 0 atom stereocenters. The highest BCUT2D eigenvalue weighted by atomic mass is 35.5. The Morgan fingerprint density at radius 1 is 1.27 bits per heavy atom. The minimum absolute atomic E-state index is 0.0753. The van der Waals surface area contributed by atoms with Crippen LogP contribution in [0.15, 0.2) is 63.3 Å². The number of nitrogens with zero attached hydrogens (tertiary/aromatic N) is 2. The van der Waals surface area contributed by atoms with Gasteiger partial charge in [0.25, 0.3) is 5.91 Å². The van der Waals surface area contributed by atoms with Crippen molar-refractivity contribution in [3.63, 3.8) is 0 Å². The Morgan fingerprint density at radius 3 is 2.96 bits per heavy atom. The van der Waals surface area contributed by atoms with Crippen LogP contribution in [0.4, 0.5) is 5.82 Å². The Bertz CT molecular complexity index is 1150. The van der Waals surface area contributed by atoms with Crippen LogP contribution in [-0.4, -0.2) is 15.7 Å². The van der Waals surface area contributed by atoms with Crippen molar-refractivity contribution in [2.45, 2.75) is 6.54 Å². The zero-order chi connectivity index (χ0) is 18.1. The number of hydrogen-bond acceptors (Lipinski definition) is 5. The quantitative estimate of drug-likeness (QED) is 0.576. The summed E-state index contributed by atoms with van der Waals surface area (Å²) in [6.45, 7) is 0.542. The van der Waals surface area contributed by atoms with Gasteiger partial charge in [-0.05, 0) is 29.6 Å². The van der Waals surface area contributed by atoms with Crippen LogP contribution in [0.2, 0.25) is 5.02 Å². The van der Waals surface area contributed by atoms with Gasteiger partial charge in [0, 0.05) is 22.0 Å². The molecule has 3 aromatic heterocycles. The van der Waals surface area contributed by atoms with Crippen LogP contribution in [-0.2, 0) is 6.54 Å². The molecule has 4 rings (SSSR count).